The highest BCUT2D eigenvalue weighted by Crippen LogP contribution is 2.22. The van der Waals surface area contributed by atoms with Gasteiger partial charge < -0.3 is 5.32 Å². The Hall–Kier alpha value is -2.43. The Bertz CT molecular complexity index is 558. The fourth-order valence-electron chi connectivity index (χ4n) is 1.83. The zero-order chi connectivity index (χ0) is 13.7. The fourth-order valence-corrected chi connectivity index (χ4v) is 1.83. The Labute approximate surface area is 111 Å². The number of benzene rings is 1. The minimum atomic E-state index is -0.428. The highest BCUT2D eigenvalue weighted by atomic mass is 16.6. The normalized spacial score (nSPS) is 11.8. The molecule has 1 heterocycles. The van der Waals surface area contributed by atoms with Crippen LogP contribution in [0.4, 0.5) is 11.5 Å². The van der Waals surface area contributed by atoms with Gasteiger partial charge in [0.1, 0.15) is 0 Å². The third kappa shape index (κ3) is 3.28. The summed E-state index contributed by atoms with van der Waals surface area (Å²) in [7, 11) is 0. The summed E-state index contributed by atoms with van der Waals surface area (Å²) >= 11 is 0. The molecule has 1 aromatic carbocycles. The van der Waals surface area contributed by atoms with Crippen LogP contribution in [0.3, 0.4) is 0 Å². The Morgan fingerprint density at radius 3 is 2.68 bits per heavy atom. The molecule has 19 heavy (non-hydrogen) atoms. The molecule has 0 aliphatic carbocycles. The largest absolute Gasteiger partial charge is 0.364 e. The summed E-state index contributed by atoms with van der Waals surface area (Å²) in [6, 6.07) is 13.0. The van der Waals surface area contributed by atoms with Crippen molar-refractivity contribution in [3.8, 4) is 0 Å². The Balaban J connectivity index is 2.05. The van der Waals surface area contributed by atoms with Crippen LogP contribution < -0.4 is 5.32 Å². The number of nitrogens with one attached hydrogen (secondary N) is 1. The zero-order valence-electron chi connectivity index (χ0n) is 10.6. The lowest BCUT2D eigenvalue weighted by Gasteiger charge is -2.13. The van der Waals surface area contributed by atoms with E-state index < -0.39 is 4.92 Å². The molecule has 0 bridgehead atoms. The molecule has 0 radical (unpaired) electrons. The first-order valence-electron chi connectivity index (χ1n) is 6.06. The molecule has 1 unspecified atom stereocenters. The van der Waals surface area contributed by atoms with Gasteiger partial charge in [-0.25, -0.2) is 4.98 Å². The number of rotatable bonds is 5. The molecule has 0 saturated heterocycles. The van der Waals surface area contributed by atoms with Gasteiger partial charge in [0.15, 0.2) is 0 Å². The molecule has 98 valence electrons. The molecule has 0 aliphatic rings. The maximum absolute atomic E-state index is 10.9. The van der Waals surface area contributed by atoms with Gasteiger partial charge in [0.2, 0.25) is 5.82 Å². The van der Waals surface area contributed by atoms with Crippen molar-refractivity contribution in [2.24, 2.45) is 0 Å². The second-order valence-corrected chi connectivity index (χ2v) is 4.32. The first-order valence-corrected chi connectivity index (χ1v) is 6.06. The van der Waals surface area contributed by atoms with Gasteiger partial charge in [0.25, 0.3) is 0 Å². The molecule has 2 aromatic rings. The minimum absolute atomic E-state index is 0.00256. The Morgan fingerprint density at radius 2 is 2.00 bits per heavy atom. The van der Waals surface area contributed by atoms with Crippen molar-refractivity contribution in [1.29, 1.82) is 0 Å². The lowest BCUT2D eigenvalue weighted by atomic mass is 10.0. The summed E-state index contributed by atoms with van der Waals surface area (Å²) in [5.41, 5.74) is 1.19. The van der Waals surface area contributed by atoms with E-state index in [1.165, 1.54) is 11.6 Å². The average Bonchev–Trinajstić information content (AvgIpc) is 2.46. The van der Waals surface area contributed by atoms with Gasteiger partial charge in [0, 0.05) is 18.8 Å². The van der Waals surface area contributed by atoms with Crippen molar-refractivity contribution in [2.45, 2.75) is 12.8 Å². The Morgan fingerprint density at radius 1 is 1.26 bits per heavy atom. The standard InChI is InChI=1S/C14H15N3O2/c1-11(12-6-3-2-4-7-12)10-16-14-13(17(18)19)8-5-9-15-14/h2-9,11H,10H2,1H3,(H,15,16). The van der Waals surface area contributed by atoms with E-state index in [0.29, 0.717) is 12.4 Å². The quantitative estimate of drug-likeness (QED) is 0.659. The molecule has 2 rings (SSSR count). The number of pyridine rings is 1. The van der Waals surface area contributed by atoms with Gasteiger partial charge in [-0.2, -0.15) is 0 Å². The van der Waals surface area contributed by atoms with E-state index in [1.54, 1.807) is 12.3 Å². The van der Waals surface area contributed by atoms with Crippen LogP contribution >= 0.6 is 0 Å². The van der Waals surface area contributed by atoms with Crippen molar-refractivity contribution < 1.29 is 4.92 Å². The van der Waals surface area contributed by atoms with E-state index in [4.69, 9.17) is 0 Å². The first-order chi connectivity index (χ1) is 9.18. The highest BCUT2D eigenvalue weighted by molar-refractivity contribution is 5.55. The molecular weight excluding hydrogens is 242 g/mol. The molecule has 0 saturated carbocycles. The van der Waals surface area contributed by atoms with Gasteiger partial charge in [-0.05, 0) is 17.5 Å². The lowest BCUT2D eigenvalue weighted by Crippen LogP contribution is -2.12. The van der Waals surface area contributed by atoms with Crippen LogP contribution in [-0.2, 0) is 0 Å². The topological polar surface area (TPSA) is 68.1 Å². The smallest absolute Gasteiger partial charge is 0.311 e. The molecular formula is C14H15N3O2. The summed E-state index contributed by atoms with van der Waals surface area (Å²) in [5, 5.41) is 13.9. The van der Waals surface area contributed by atoms with E-state index in [2.05, 4.69) is 17.2 Å². The van der Waals surface area contributed by atoms with Crippen LogP contribution in [0.5, 0.6) is 0 Å². The van der Waals surface area contributed by atoms with Crippen molar-refractivity contribution >= 4 is 11.5 Å². The van der Waals surface area contributed by atoms with Crippen molar-refractivity contribution in [3.63, 3.8) is 0 Å². The molecule has 1 atom stereocenters. The van der Waals surface area contributed by atoms with E-state index in [0.717, 1.165) is 0 Å². The molecule has 0 aliphatic heterocycles. The molecule has 5 heteroatoms. The summed E-state index contributed by atoms with van der Waals surface area (Å²) in [6.45, 7) is 2.67. The van der Waals surface area contributed by atoms with Gasteiger partial charge >= 0.3 is 5.69 Å². The van der Waals surface area contributed by atoms with Gasteiger partial charge in [-0.15, -0.1) is 0 Å². The third-order valence-corrected chi connectivity index (χ3v) is 2.93. The molecule has 0 spiro atoms. The monoisotopic (exact) mass is 257 g/mol. The Kier molecular flexibility index (Phi) is 4.07. The fraction of sp³-hybridized carbons (Fsp3) is 0.214. The predicted octanol–water partition coefficient (Wildman–Crippen LogP) is 3.21. The summed E-state index contributed by atoms with van der Waals surface area (Å²) in [5.74, 6) is 0.568. The zero-order valence-corrected chi connectivity index (χ0v) is 10.6. The summed E-state index contributed by atoms with van der Waals surface area (Å²) in [4.78, 5) is 14.4. The molecule has 1 N–H and O–H groups in total. The van der Waals surface area contributed by atoms with Gasteiger partial charge in [0.05, 0.1) is 4.92 Å². The number of hydrogen-bond acceptors (Lipinski definition) is 4. The maximum atomic E-state index is 10.9. The lowest BCUT2D eigenvalue weighted by molar-refractivity contribution is -0.384. The van der Waals surface area contributed by atoms with Crippen LogP contribution in [0.25, 0.3) is 0 Å². The van der Waals surface area contributed by atoms with E-state index in [-0.39, 0.29) is 11.6 Å². The van der Waals surface area contributed by atoms with Crippen molar-refractivity contribution in [1.82, 2.24) is 4.98 Å². The highest BCUT2D eigenvalue weighted by Gasteiger charge is 2.14. The van der Waals surface area contributed by atoms with Crippen LogP contribution in [0.2, 0.25) is 0 Å². The number of aromatic nitrogens is 1. The van der Waals surface area contributed by atoms with E-state index in [1.807, 2.05) is 30.3 Å². The van der Waals surface area contributed by atoms with Crippen LogP contribution in [-0.4, -0.2) is 16.5 Å². The first kappa shape index (κ1) is 13.0. The number of nitrogens with zero attached hydrogens (tertiary/aromatic N) is 2. The molecule has 0 amide bonds. The third-order valence-electron chi connectivity index (χ3n) is 2.93. The second-order valence-electron chi connectivity index (χ2n) is 4.32. The maximum Gasteiger partial charge on any atom is 0.311 e. The summed E-state index contributed by atoms with van der Waals surface area (Å²) in [6.07, 6.45) is 1.54. The van der Waals surface area contributed by atoms with E-state index >= 15 is 0 Å². The minimum Gasteiger partial charge on any atom is -0.364 e. The van der Waals surface area contributed by atoms with Crippen molar-refractivity contribution in [3.05, 3.63) is 64.3 Å². The molecule has 0 fully saturated rings. The van der Waals surface area contributed by atoms with Crippen LogP contribution in [0, 0.1) is 10.1 Å². The average molecular weight is 257 g/mol. The SMILES string of the molecule is CC(CNc1ncccc1[N+](=O)[O-])c1ccccc1. The van der Waals surface area contributed by atoms with Gasteiger partial charge in [-0.3, -0.25) is 10.1 Å². The van der Waals surface area contributed by atoms with E-state index in [9.17, 15) is 10.1 Å². The predicted molar refractivity (Wildman–Crippen MR) is 74.2 cm³/mol. The number of hydrogen-bond donors (Lipinski definition) is 1. The number of anilines is 1. The summed E-state index contributed by atoms with van der Waals surface area (Å²) < 4.78 is 0. The number of nitro groups is 1. The van der Waals surface area contributed by atoms with Crippen molar-refractivity contribution in [2.75, 3.05) is 11.9 Å². The second kappa shape index (κ2) is 5.95. The van der Waals surface area contributed by atoms with Gasteiger partial charge in [-0.1, -0.05) is 37.3 Å². The van der Waals surface area contributed by atoms with Crippen LogP contribution in [0.1, 0.15) is 18.4 Å². The molecule has 1 aromatic heterocycles. The molecule has 5 nitrogen and oxygen atoms in total. The van der Waals surface area contributed by atoms with Crippen LogP contribution in [0.15, 0.2) is 48.7 Å².